The van der Waals surface area contributed by atoms with Crippen molar-refractivity contribution in [3.8, 4) is 0 Å². The van der Waals surface area contributed by atoms with Crippen molar-refractivity contribution >= 4 is 5.91 Å². The maximum atomic E-state index is 12.1. The van der Waals surface area contributed by atoms with E-state index in [0.717, 1.165) is 16.7 Å². The summed E-state index contributed by atoms with van der Waals surface area (Å²) in [5.74, 6) is -2.21. The molecule has 36 heavy (non-hydrogen) atoms. The van der Waals surface area contributed by atoms with E-state index in [1.54, 1.807) is 0 Å². The van der Waals surface area contributed by atoms with Crippen LogP contribution in [0.4, 0.5) is 0 Å². The Morgan fingerprint density at radius 3 is 1.97 bits per heavy atom. The van der Waals surface area contributed by atoms with Crippen molar-refractivity contribution in [2.24, 2.45) is 0 Å². The molecule has 5 atom stereocenters. The molecule has 3 aromatic rings. The summed E-state index contributed by atoms with van der Waals surface area (Å²) in [7, 11) is 0. The van der Waals surface area contributed by atoms with E-state index in [2.05, 4.69) is 5.32 Å². The predicted octanol–water partition coefficient (Wildman–Crippen LogP) is 2.98. The third-order valence-electron chi connectivity index (χ3n) is 6.23. The Kier molecular flexibility index (Phi) is 8.85. The van der Waals surface area contributed by atoms with Crippen LogP contribution in [0.15, 0.2) is 91.0 Å². The topological polar surface area (TPSA) is 97.3 Å². The zero-order valence-electron chi connectivity index (χ0n) is 20.3. The number of ether oxygens (including phenoxy) is 3. The average Bonchev–Trinajstić information content (AvgIpc) is 2.88. The third kappa shape index (κ3) is 6.78. The first-order valence-electron chi connectivity index (χ1n) is 12.1. The second-order valence-electron chi connectivity index (χ2n) is 9.09. The molecule has 0 radical (unpaired) electrons. The normalized spacial score (nSPS) is 25.9. The van der Waals surface area contributed by atoms with Gasteiger partial charge < -0.3 is 29.7 Å². The molecule has 1 fully saturated rings. The molecule has 1 amide bonds. The molecule has 7 nitrogen and oxygen atoms in total. The summed E-state index contributed by atoms with van der Waals surface area (Å²) in [5.41, 5.74) is 2.70. The molecule has 4 rings (SSSR count). The number of aliphatic hydroxyl groups is 2. The van der Waals surface area contributed by atoms with Crippen molar-refractivity contribution in [2.45, 2.75) is 56.7 Å². The van der Waals surface area contributed by atoms with Gasteiger partial charge in [-0.1, -0.05) is 91.0 Å². The Labute approximate surface area is 211 Å². The van der Waals surface area contributed by atoms with Gasteiger partial charge in [-0.15, -0.1) is 0 Å². The number of hydrogen-bond donors (Lipinski definition) is 3. The summed E-state index contributed by atoms with van der Waals surface area (Å²) in [5, 5.41) is 25.9. The monoisotopic (exact) mass is 491 g/mol. The van der Waals surface area contributed by atoms with Crippen molar-refractivity contribution in [2.75, 3.05) is 6.61 Å². The number of aliphatic hydroxyl groups excluding tert-OH is 1. The quantitative estimate of drug-likeness (QED) is 0.404. The van der Waals surface area contributed by atoms with Gasteiger partial charge in [-0.3, -0.25) is 4.79 Å². The molecule has 1 heterocycles. The van der Waals surface area contributed by atoms with E-state index in [9.17, 15) is 15.0 Å². The molecule has 0 spiro atoms. The first kappa shape index (κ1) is 26.0. The van der Waals surface area contributed by atoms with E-state index in [1.807, 2.05) is 91.0 Å². The van der Waals surface area contributed by atoms with Gasteiger partial charge in [-0.05, 0) is 16.7 Å². The molecule has 0 saturated carbocycles. The number of carbonyl (C=O) groups is 1. The highest BCUT2D eigenvalue weighted by molar-refractivity contribution is 5.73. The highest BCUT2D eigenvalue weighted by Gasteiger charge is 2.54. The minimum Gasteiger partial charge on any atom is -0.388 e. The molecular formula is C29H33NO6. The van der Waals surface area contributed by atoms with Crippen LogP contribution in [0.5, 0.6) is 0 Å². The first-order valence-corrected chi connectivity index (χ1v) is 12.1. The maximum absolute atomic E-state index is 12.1. The number of nitrogens with one attached hydrogen (secondary N) is 1. The van der Waals surface area contributed by atoms with Crippen molar-refractivity contribution in [1.82, 2.24) is 5.32 Å². The van der Waals surface area contributed by atoms with Gasteiger partial charge in [0.2, 0.25) is 5.91 Å². The SMILES string of the molecule is CC(=O)N[C@@H]1[C@@H](OCc2ccccc2)[C@H](O)[C@@H](COCc2ccccc2)O[C@@]1(O)Cc1ccccc1. The highest BCUT2D eigenvalue weighted by Crippen LogP contribution is 2.33. The minimum absolute atomic E-state index is 0.0329. The summed E-state index contributed by atoms with van der Waals surface area (Å²) < 4.78 is 18.1. The lowest BCUT2D eigenvalue weighted by Crippen LogP contribution is -2.71. The average molecular weight is 492 g/mol. The lowest BCUT2D eigenvalue weighted by atomic mass is 9.86. The zero-order valence-corrected chi connectivity index (χ0v) is 20.3. The maximum Gasteiger partial charge on any atom is 0.217 e. The van der Waals surface area contributed by atoms with E-state index >= 15 is 0 Å². The fourth-order valence-electron chi connectivity index (χ4n) is 4.49. The number of carbonyl (C=O) groups excluding carboxylic acids is 1. The van der Waals surface area contributed by atoms with Crippen LogP contribution >= 0.6 is 0 Å². The Bertz CT molecular complexity index is 1080. The summed E-state index contributed by atoms with van der Waals surface area (Å²) in [6.07, 6.45) is -2.89. The Morgan fingerprint density at radius 2 is 1.42 bits per heavy atom. The summed E-state index contributed by atoms with van der Waals surface area (Å²) in [4.78, 5) is 12.1. The number of benzene rings is 3. The van der Waals surface area contributed by atoms with Gasteiger partial charge in [-0.2, -0.15) is 0 Å². The molecule has 0 unspecified atom stereocenters. The van der Waals surface area contributed by atoms with E-state index in [-0.39, 0.29) is 25.5 Å². The molecule has 1 aliphatic rings. The van der Waals surface area contributed by atoms with Gasteiger partial charge in [-0.25, -0.2) is 0 Å². The zero-order chi connectivity index (χ0) is 25.4. The first-order chi connectivity index (χ1) is 17.4. The van der Waals surface area contributed by atoms with Crippen LogP contribution in [0.1, 0.15) is 23.6 Å². The second-order valence-corrected chi connectivity index (χ2v) is 9.09. The Balaban J connectivity index is 1.58. The lowest BCUT2D eigenvalue weighted by Gasteiger charge is -2.49. The Hall–Kier alpha value is -3.07. The molecule has 0 bridgehead atoms. The van der Waals surface area contributed by atoms with Crippen LogP contribution in [-0.2, 0) is 38.6 Å². The van der Waals surface area contributed by atoms with Gasteiger partial charge in [0, 0.05) is 13.3 Å². The Morgan fingerprint density at radius 1 is 0.889 bits per heavy atom. The standard InChI is InChI=1S/C29H33NO6/c1-21(31)30-28-27(35-19-24-15-9-4-10-16-24)26(32)25(20-34-18-23-13-7-3-8-14-23)36-29(28,33)17-22-11-5-2-6-12-22/h2-16,25-28,32-33H,17-20H2,1H3,(H,30,31)/t25-,26-,27+,28-,29+/m1/s1. The molecular weight excluding hydrogens is 458 g/mol. The number of rotatable bonds is 10. The summed E-state index contributed by atoms with van der Waals surface area (Å²) >= 11 is 0. The molecule has 1 saturated heterocycles. The number of amides is 1. The number of hydrogen-bond acceptors (Lipinski definition) is 6. The molecule has 0 aliphatic carbocycles. The minimum atomic E-state index is -1.84. The second kappa shape index (κ2) is 12.3. The van der Waals surface area contributed by atoms with Crippen molar-refractivity contribution in [1.29, 1.82) is 0 Å². The van der Waals surface area contributed by atoms with Crippen LogP contribution in [-0.4, -0.2) is 52.9 Å². The lowest BCUT2D eigenvalue weighted by molar-refractivity contribution is -0.325. The van der Waals surface area contributed by atoms with Gasteiger partial charge >= 0.3 is 0 Å². The molecule has 3 aromatic carbocycles. The van der Waals surface area contributed by atoms with E-state index in [0.29, 0.717) is 6.61 Å². The van der Waals surface area contributed by atoms with Crippen LogP contribution in [0.2, 0.25) is 0 Å². The van der Waals surface area contributed by atoms with Crippen molar-refractivity contribution < 1.29 is 29.2 Å². The van der Waals surface area contributed by atoms with Crippen LogP contribution < -0.4 is 5.32 Å². The van der Waals surface area contributed by atoms with E-state index in [4.69, 9.17) is 14.2 Å². The van der Waals surface area contributed by atoms with Gasteiger partial charge in [0.05, 0.1) is 19.8 Å². The molecule has 7 heteroatoms. The van der Waals surface area contributed by atoms with Crippen molar-refractivity contribution in [3.63, 3.8) is 0 Å². The molecule has 1 aliphatic heterocycles. The predicted molar refractivity (Wildman–Crippen MR) is 135 cm³/mol. The third-order valence-corrected chi connectivity index (χ3v) is 6.23. The van der Waals surface area contributed by atoms with Crippen LogP contribution in [0.3, 0.4) is 0 Å². The van der Waals surface area contributed by atoms with E-state index < -0.39 is 30.1 Å². The fourth-order valence-corrected chi connectivity index (χ4v) is 4.49. The smallest absolute Gasteiger partial charge is 0.217 e. The van der Waals surface area contributed by atoms with Crippen LogP contribution in [0.25, 0.3) is 0 Å². The van der Waals surface area contributed by atoms with Crippen molar-refractivity contribution in [3.05, 3.63) is 108 Å². The van der Waals surface area contributed by atoms with E-state index in [1.165, 1.54) is 6.92 Å². The summed E-state index contributed by atoms with van der Waals surface area (Å²) in [6.45, 7) is 1.91. The fraction of sp³-hybridized carbons (Fsp3) is 0.345. The molecule has 0 aromatic heterocycles. The van der Waals surface area contributed by atoms with Gasteiger partial charge in [0.1, 0.15) is 24.4 Å². The van der Waals surface area contributed by atoms with Gasteiger partial charge in [0.15, 0.2) is 5.79 Å². The van der Waals surface area contributed by atoms with Crippen LogP contribution in [0, 0.1) is 0 Å². The largest absolute Gasteiger partial charge is 0.388 e. The molecule has 190 valence electrons. The van der Waals surface area contributed by atoms with Gasteiger partial charge in [0.25, 0.3) is 0 Å². The molecule has 3 N–H and O–H groups in total. The summed E-state index contributed by atoms with van der Waals surface area (Å²) in [6, 6.07) is 27.6. The highest BCUT2D eigenvalue weighted by atomic mass is 16.7.